The standard InChI is InChI=1S/C8H15NO4/c1-5(10)4-9-8(12)6(2)13-7(3)11/h5-6,10H,4H2,1-3H3,(H,9,12)/t5-,6-/m1/s1. The first-order chi connectivity index (χ1) is 5.93. The summed E-state index contributed by atoms with van der Waals surface area (Å²) in [5.41, 5.74) is 0. The van der Waals surface area contributed by atoms with Crippen LogP contribution in [0.25, 0.3) is 0 Å². The Morgan fingerprint density at radius 2 is 2.00 bits per heavy atom. The van der Waals surface area contributed by atoms with Gasteiger partial charge in [-0.05, 0) is 13.8 Å². The Hall–Kier alpha value is -1.10. The van der Waals surface area contributed by atoms with Gasteiger partial charge in [-0.1, -0.05) is 0 Å². The number of rotatable bonds is 4. The third-order valence-corrected chi connectivity index (χ3v) is 1.28. The highest BCUT2D eigenvalue weighted by molar-refractivity contribution is 5.82. The summed E-state index contributed by atoms with van der Waals surface area (Å²) in [5, 5.41) is 11.3. The predicted molar refractivity (Wildman–Crippen MR) is 45.9 cm³/mol. The number of nitrogens with one attached hydrogen (secondary N) is 1. The van der Waals surface area contributed by atoms with Crippen LogP contribution < -0.4 is 5.32 Å². The Bertz CT molecular complexity index is 191. The molecule has 0 radical (unpaired) electrons. The van der Waals surface area contributed by atoms with Gasteiger partial charge in [-0.3, -0.25) is 9.59 Å². The van der Waals surface area contributed by atoms with Crippen molar-refractivity contribution in [2.45, 2.75) is 33.0 Å². The number of aliphatic hydroxyl groups is 1. The number of hydrogen-bond donors (Lipinski definition) is 2. The fourth-order valence-corrected chi connectivity index (χ4v) is 0.694. The van der Waals surface area contributed by atoms with Gasteiger partial charge in [-0.2, -0.15) is 0 Å². The number of hydrogen-bond acceptors (Lipinski definition) is 4. The minimum absolute atomic E-state index is 0.157. The number of carbonyl (C=O) groups is 2. The van der Waals surface area contributed by atoms with E-state index in [1.807, 2.05) is 0 Å². The third kappa shape index (κ3) is 6.10. The van der Waals surface area contributed by atoms with Crippen molar-refractivity contribution in [3.63, 3.8) is 0 Å². The molecule has 0 rings (SSSR count). The Balaban J connectivity index is 3.76. The second-order valence-corrected chi connectivity index (χ2v) is 2.85. The lowest BCUT2D eigenvalue weighted by Crippen LogP contribution is -2.38. The third-order valence-electron chi connectivity index (χ3n) is 1.28. The monoisotopic (exact) mass is 189 g/mol. The van der Waals surface area contributed by atoms with E-state index >= 15 is 0 Å². The van der Waals surface area contributed by atoms with Crippen molar-refractivity contribution in [2.75, 3.05) is 6.54 Å². The molecule has 5 nitrogen and oxygen atoms in total. The molecule has 0 spiro atoms. The molecule has 0 aliphatic carbocycles. The van der Waals surface area contributed by atoms with Gasteiger partial charge in [-0.15, -0.1) is 0 Å². The molecule has 0 unspecified atom stereocenters. The van der Waals surface area contributed by atoms with E-state index in [2.05, 4.69) is 10.1 Å². The first kappa shape index (κ1) is 11.9. The molecule has 0 aromatic rings. The molecule has 0 heterocycles. The van der Waals surface area contributed by atoms with Crippen molar-refractivity contribution >= 4 is 11.9 Å². The maximum absolute atomic E-state index is 11.1. The van der Waals surface area contributed by atoms with Crippen molar-refractivity contribution in [3.8, 4) is 0 Å². The van der Waals surface area contributed by atoms with Gasteiger partial charge in [0.15, 0.2) is 6.10 Å². The topological polar surface area (TPSA) is 75.6 Å². The molecule has 2 N–H and O–H groups in total. The van der Waals surface area contributed by atoms with Gasteiger partial charge >= 0.3 is 5.97 Å². The van der Waals surface area contributed by atoms with E-state index in [9.17, 15) is 9.59 Å². The summed E-state index contributed by atoms with van der Waals surface area (Å²) in [7, 11) is 0. The lowest BCUT2D eigenvalue weighted by molar-refractivity contribution is -0.152. The number of aliphatic hydroxyl groups excluding tert-OH is 1. The van der Waals surface area contributed by atoms with Gasteiger partial charge in [0, 0.05) is 13.5 Å². The van der Waals surface area contributed by atoms with Crippen LogP contribution >= 0.6 is 0 Å². The summed E-state index contributed by atoms with van der Waals surface area (Å²) in [6, 6.07) is 0. The minimum Gasteiger partial charge on any atom is -0.453 e. The van der Waals surface area contributed by atoms with Crippen LogP contribution in [-0.2, 0) is 14.3 Å². The summed E-state index contributed by atoms with van der Waals surface area (Å²) in [5.74, 6) is -0.907. The second kappa shape index (κ2) is 5.53. The fraction of sp³-hybridized carbons (Fsp3) is 0.750. The van der Waals surface area contributed by atoms with E-state index in [1.54, 1.807) is 6.92 Å². The van der Waals surface area contributed by atoms with Crippen molar-refractivity contribution < 1.29 is 19.4 Å². The van der Waals surface area contributed by atoms with Crippen molar-refractivity contribution in [3.05, 3.63) is 0 Å². The Morgan fingerprint density at radius 3 is 2.38 bits per heavy atom. The summed E-state index contributed by atoms with van der Waals surface area (Å²) >= 11 is 0. The molecule has 5 heteroatoms. The van der Waals surface area contributed by atoms with Crippen molar-refractivity contribution in [1.82, 2.24) is 5.32 Å². The molecule has 2 atom stereocenters. The van der Waals surface area contributed by atoms with E-state index in [1.165, 1.54) is 13.8 Å². The Morgan fingerprint density at radius 1 is 1.46 bits per heavy atom. The molecule has 0 aliphatic rings. The van der Waals surface area contributed by atoms with E-state index in [-0.39, 0.29) is 6.54 Å². The minimum atomic E-state index is -0.809. The zero-order valence-corrected chi connectivity index (χ0v) is 8.03. The van der Waals surface area contributed by atoms with Gasteiger partial charge in [0.2, 0.25) is 0 Å². The van der Waals surface area contributed by atoms with Gasteiger partial charge in [0.1, 0.15) is 0 Å². The molecule has 0 bridgehead atoms. The van der Waals surface area contributed by atoms with Crippen LogP contribution in [0.3, 0.4) is 0 Å². The van der Waals surface area contributed by atoms with Crippen molar-refractivity contribution in [1.29, 1.82) is 0 Å². The highest BCUT2D eigenvalue weighted by Gasteiger charge is 2.15. The highest BCUT2D eigenvalue weighted by atomic mass is 16.5. The number of amides is 1. The molecule has 0 saturated carbocycles. The Labute approximate surface area is 77.1 Å². The number of carbonyl (C=O) groups excluding carboxylic acids is 2. The van der Waals surface area contributed by atoms with Gasteiger partial charge in [-0.25, -0.2) is 0 Å². The van der Waals surface area contributed by atoms with E-state index in [0.717, 1.165) is 0 Å². The molecule has 13 heavy (non-hydrogen) atoms. The first-order valence-electron chi connectivity index (χ1n) is 4.06. The quantitative estimate of drug-likeness (QED) is 0.581. The smallest absolute Gasteiger partial charge is 0.303 e. The predicted octanol–water partition coefficient (Wildman–Crippen LogP) is -0.565. The molecule has 0 aromatic heterocycles. The summed E-state index contributed by atoms with van der Waals surface area (Å²) in [6.07, 6.45) is -1.41. The van der Waals surface area contributed by atoms with Crippen LogP contribution in [0.15, 0.2) is 0 Å². The zero-order valence-electron chi connectivity index (χ0n) is 8.03. The lowest BCUT2D eigenvalue weighted by Gasteiger charge is -2.12. The first-order valence-corrected chi connectivity index (χ1v) is 4.06. The summed E-state index contributed by atoms with van der Waals surface area (Å²) in [4.78, 5) is 21.5. The normalized spacial score (nSPS) is 14.5. The summed E-state index contributed by atoms with van der Waals surface area (Å²) in [6.45, 7) is 4.42. The van der Waals surface area contributed by atoms with Crippen LogP contribution in [-0.4, -0.2) is 35.7 Å². The van der Waals surface area contributed by atoms with Crippen LogP contribution in [0, 0.1) is 0 Å². The van der Waals surface area contributed by atoms with Crippen LogP contribution in [0.5, 0.6) is 0 Å². The van der Waals surface area contributed by atoms with Gasteiger partial charge in [0.05, 0.1) is 6.10 Å². The average molecular weight is 189 g/mol. The molecular weight excluding hydrogens is 174 g/mol. The van der Waals surface area contributed by atoms with Gasteiger partial charge < -0.3 is 15.2 Å². The molecule has 76 valence electrons. The Kier molecular flexibility index (Phi) is 5.06. The number of esters is 1. The summed E-state index contributed by atoms with van der Waals surface area (Å²) < 4.78 is 4.61. The van der Waals surface area contributed by atoms with Gasteiger partial charge in [0.25, 0.3) is 5.91 Å². The molecule has 1 amide bonds. The maximum atomic E-state index is 11.1. The SMILES string of the molecule is CC(=O)O[C@H](C)C(=O)NC[C@@H](C)O. The van der Waals surface area contributed by atoms with Crippen LogP contribution in [0.4, 0.5) is 0 Å². The van der Waals surface area contributed by atoms with E-state index < -0.39 is 24.1 Å². The maximum Gasteiger partial charge on any atom is 0.303 e. The highest BCUT2D eigenvalue weighted by Crippen LogP contribution is 1.91. The van der Waals surface area contributed by atoms with Crippen LogP contribution in [0.1, 0.15) is 20.8 Å². The fourth-order valence-electron chi connectivity index (χ4n) is 0.694. The second-order valence-electron chi connectivity index (χ2n) is 2.85. The largest absolute Gasteiger partial charge is 0.453 e. The van der Waals surface area contributed by atoms with Crippen LogP contribution in [0.2, 0.25) is 0 Å². The lowest BCUT2D eigenvalue weighted by atomic mass is 10.3. The molecule has 0 fully saturated rings. The van der Waals surface area contributed by atoms with Crippen molar-refractivity contribution in [2.24, 2.45) is 0 Å². The van der Waals surface area contributed by atoms with E-state index in [0.29, 0.717) is 0 Å². The number of ether oxygens (including phenoxy) is 1. The molecule has 0 aliphatic heterocycles. The van der Waals surface area contributed by atoms with E-state index in [4.69, 9.17) is 5.11 Å². The molecular formula is C8H15NO4. The molecule has 0 saturated heterocycles. The zero-order chi connectivity index (χ0) is 10.4. The average Bonchev–Trinajstić information content (AvgIpc) is 1.98. The molecule has 0 aromatic carbocycles.